The number of carbonyl (C=O) groups is 1. The van der Waals surface area contributed by atoms with Crippen LogP contribution in [0, 0.1) is 0 Å². The molecule has 0 unspecified atom stereocenters. The minimum Gasteiger partial charge on any atom is -0.461 e. The van der Waals surface area contributed by atoms with Gasteiger partial charge in [0.15, 0.2) is 5.13 Å². The van der Waals surface area contributed by atoms with E-state index in [0.717, 1.165) is 25.7 Å². The van der Waals surface area contributed by atoms with Gasteiger partial charge in [0.25, 0.3) is 0 Å². The molecule has 2 N–H and O–H groups in total. The number of oxime groups is 1. The summed E-state index contributed by atoms with van der Waals surface area (Å²) < 4.78 is 4.99. The highest BCUT2D eigenvalue weighted by atomic mass is 32.1. The standard InChI is InChI=1S/C13H19N3O3S/c1-3-18-11(17)10(9-8-20-12(14)15-9)16-19-13(2)6-4-5-7-13/h8H,3-7H2,1-2H3,(H2,14,15). The molecular formula is C13H19N3O3S. The zero-order valence-electron chi connectivity index (χ0n) is 11.7. The van der Waals surface area contributed by atoms with Gasteiger partial charge in [-0.3, -0.25) is 0 Å². The van der Waals surface area contributed by atoms with Crippen molar-refractivity contribution in [2.45, 2.75) is 45.1 Å². The van der Waals surface area contributed by atoms with Gasteiger partial charge in [0.1, 0.15) is 11.3 Å². The summed E-state index contributed by atoms with van der Waals surface area (Å²) in [4.78, 5) is 21.6. The van der Waals surface area contributed by atoms with Crippen LogP contribution >= 0.6 is 11.3 Å². The molecule has 7 heteroatoms. The van der Waals surface area contributed by atoms with Gasteiger partial charge in [0, 0.05) is 5.38 Å². The quantitative estimate of drug-likeness (QED) is 0.512. The van der Waals surface area contributed by atoms with Crippen molar-refractivity contribution in [3.05, 3.63) is 11.1 Å². The first-order valence-electron chi connectivity index (χ1n) is 6.69. The van der Waals surface area contributed by atoms with Gasteiger partial charge in [0.2, 0.25) is 5.71 Å². The number of nitrogens with two attached hydrogens (primary N) is 1. The van der Waals surface area contributed by atoms with Gasteiger partial charge in [-0.1, -0.05) is 5.16 Å². The Labute approximate surface area is 122 Å². The van der Waals surface area contributed by atoms with Crippen LogP contribution in [0.2, 0.25) is 0 Å². The van der Waals surface area contributed by atoms with Crippen LogP contribution in [0.5, 0.6) is 0 Å². The van der Waals surface area contributed by atoms with Crippen LogP contribution in [0.4, 0.5) is 5.13 Å². The van der Waals surface area contributed by atoms with Gasteiger partial charge in [-0.15, -0.1) is 11.3 Å². The lowest BCUT2D eigenvalue weighted by molar-refractivity contribution is -0.135. The van der Waals surface area contributed by atoms with Gasteiger partial charge in [-0.25, -0.2) is 9.78 Å². The number of esters is 1. The molecule has 0 amide bonds. The number of aromatic nitrogens is 1. The number of hydrogen-bond donors (Lipinski definition) is 1. The summed E-state index contributed by atoms with van der Waals surface area (Å²) in [7, 11) is 0. The van der Waals surface area contributed by atoms with E-state index in [1.165, 1.54) is 11.3 Å². The van der Waals surface area contributed by atoms with Crippen LogP contribution in [0.1, 0.15) is 45.2 Å². The van der Waals surface area contributed by atoms with Gasteiger partial charge < -0.3 is 15.3 Å². The summed E-state index contributed by atoms with van der Waals surface area (Å²) in [5.74, 6) is -0.542. The first kappa shape index (κ1) is 14.8. The molecule has 1 aliphatic rings. The number of ether oxygens (including phenoxy) is 1. The Bertz CT molecular complexity index is 507. The van der Waals surface area contributed by atoms with Gasteiger partial charge in [0.05, 0.1) is 6.61 Å². The van der Waals surface area contributed by atoms with Crippen molar-refractivity contribution in [1.82, 2.24) is 4.98 Å². The lowest BCUT2D eigenvalue weighted by Crippen LogP contribution is -2.25. The summed E-state index contributed by atoms with van der Waals surface area (Å²) in [5, 5.41) is 6.06. The van der Waals surface area contributed by atoms with Crippen molar-refractivity contribution >= 4 is 28.1 Å². The van der Waals surface area contributed by atoms with E-state index in [-0.39, 0.29) is 17.9 Å². The highest BCUT2D eigenvalue weighted by Gasteiger charge is 2.32. The molecule has 0 radical (unpaired) electrons. The van der Waals surface area contributed by atoms with Gasteiger partial charge in [-0.05, 0) is 39.5 Å². The predicted molar refractivity (Wildman–Crippen MR) is 77.7 cm³/mol. The van der Waals surface area contributed by atoms with Crippen molar-refractivity contribution in [2.24, 2.45) is 5.16 Å². The van der Waals surface area contributed by atoms with E-state index in [2.05, 4.69) is 10.1 Å². The van der Waals surface area contributed by atoms with E-state index in [1.807, 2.05) is 6.92 Å². The second-order valence-corrected chi connectivity index (χ2v) is 5.87. The summed E-state index contributed by atoms with van der Waals surface area (Å²) in [6.45, 7) is 4.01. The Morgan fingerprint density at radius 1 is 1.55 bits per heavy atom. The fourth-order valence-electron chi connectivity index (χ4n) is 2.15. The number of anilines is 1. The summed E-state index contributed by atoms with van der Waals surface area (Å²) >= 11 is 1.25. The third-order valence-electron chi connectivity index (χ3n) is 3.25. The molecule has 0 aliphatic heterocycles. The molecule has 2 rings (SSSR count). The molecule has 1 aliphatic carbocycles. The smallest absolute Gasteiger partial charge is 0.362 e. The maximum Gasteiger partial charge on any atom is 0.362 e. The Morgan fingerprint density at radius 3 is 2.80 bits per heavy atom. The van der Waals surface area contributed by atoms with Crippen LogP contribution in [-0.4, -0.2) is 28.9 Å². The second kappa shape index (κ2) is 6.21. The van der Waals surface area contributed by atoms with E-state index in [0.29, 0.717) is 10.8 Å². The molecule has 0 atom stereocenters. The molecule has 0 aromatic carbocycles. The van der Waals surface area contributed by atoms with E-state index in [4.69, 9.17) is 15.3 Å². The SMILES string of the molecule is CCOC(=O)C(=NOC1(C)CCCC1)c1csc(N)n1. The molecular weight excluding hydrogens is 278 g/mol. The molecule has 1 saturated carbocycles. The number of hydrogen-bond acceptors (Lipinski definition) is 7. The van der Waals surface area contributed by atoms with Crippen LogP contribution in [-0.2, 0) is 14.4 Å². The van der Waals surface area contributed by atoms with Crippen LogP contribution < -0.4 is 5.73 Å². The Morgan fingerprint density at radius 2 is 2.25 bits per heavy atom. The fraction of sp³-hybridized carbons (Fsp3) is 0.615. The maximum absolute atomic E-state index is 12.0. The first-order chi connectivity index (χ1) is 9.54. The molecule has 1 heterocycles. The number of nitrogen functional groups attached to an aromatic ring is 1. The topological polar surface area (TPSA) is 86.8 Å². The lowest BCUT2D eigenvalue weighted by Gasteiger charge is -2.20. The van der Waals surface area contributed by atoms with Crippen molar-refractivity contribution in [1.29, 1.82) is 0 Å². The molecule has 0 spiro atoms. The Kier molecular flexibility index (Phi) is 4.59. The number of carbonyl (C=O) groups excluding carboxylic acids is 1. The normalized spacial score (nSPS) is 18.0. The molecule has 0 bridgehead atoms. The minimum absolute atomic E-state index is 0.0768. The monoisotopic (exact) mass is 297 g/mol. The zero-order chi connectivity index (χ0) is 14.6. The maximum atomic E-state index is 12.0. The van der Waals surface area contributed by atoms with Crippen molar-refractivity contribution in [2.75, 3.05) is 12.3 Å². The molecule has 0 saturated heterocycles. The van der Waals surface area contributed by atoms with Gasteiger partial charge >= 0.3 is 5.97 Å². The van der Waals surface area contributed by atoms with Crippen LogP contribution in [0.25, 0.3) is 0 Å². The third kappa shape index (κ3) is 3.47. The van der Waals surface area contributed by atoms with E-state index >= 15 is 0 Å². The summed E-state index contributed by atoms with van der Waals surface area (Å²) in [6, 6.07) is 0. The molecule has 20 heavy (non-hydrogen) atoms. The van der Waals surface area contributed by atoms with Crippen molar-refractivity contribution in [3.8, 4) is 0 Å². The second-order valence-electron chi connectivity index (χ2n) is 4.98. The summed E-state index contributed by atoms with van der Waals surface area (Å²) in [5.41, 5.74) is 5.76. The van der Waals surface area contributed by atoms with E-state index < -0.39 is 5.97 Å². The van der Waals surface area contributed by atoms with Crippen LogP contribution in [0.3, 0.4) is 0 Å². The predicted octanol–water partition coefficient (Wildman–Crippen LogP) is 2.34. The van der Waals surface area contributed by atoms with Crippen molar-refractivity contribution in [3.63, 3.8) is 0 Å². The zero-order valence-corrected chi connectivity index (χ0v) is 12.5. The Balaban J connectivity index is 2.19. The van der Waals surface area contributed by atoms with E-state index in [9.17, 15) is 4.79 Å². The summed E-state index contributed by atoms with van der Waals surface area (Å²) in [6.07, 6.45) is 4.10. The van der Waals surface area contributed by atoms with E-state index in [1.54, 1.807) is 12.3 Å². The molecule has 1 aromatic rings. The largest absolute Gasteiger partial charge is 0.461 e. The average molecular weight is 297 g/mol. The number of nitrogens with zero attached hydrogens (tertiary/aromatic N) is 2. The minimum atomic E-state index is -0.542. The highest BCUT2D eigenvalue weighted by molar-refractivity contribution is 7.13. The van der Waals surface area contributed by atoms with Crippen molar-refractivity contribution < 1.29 is 14.4 Å². The molecule has 110 valence electrons. The first-order valence-corrected chi connectivity index (χ1v) is 7.57. The van der Waals surface area contributed by atoms with Gasteiger partial charge in [-0.2, -0.15) is 0 Å². The molecule has 1 aromatic heterocycles. The highest BCUT2D eigenvalue weighted by Crippen LogP contribution is 2.32. The molecule has 6 nitrogen and oxygen atoms in total. The average Bonchev–Trinajstić information content (AvgIpc) is 3.00. The van der Waals surface area contributed by atoms with Crippen LogP contribution in [0.15, 0.2) is 10.5 Å². The third-order valence-corrected chi connectivity index (χ3v) is 3.93. The number of thiazole rings is 1. The fourth-order valence-corrected chi connectivity index (χ4v) is 2.70. The Hall–Kier alpha value is -1.63. The molecule has 1 fully saturated rings. The number of rotatable bonds is 5. The lowest BCUT2D eigenvalue weighted by atomic mass is 10.1.